The third kappa shape index (κ3) is 3.57. The van der Waals surface area contributed by atoms with Gasteiger partial charge in [-0.3, -0.25) is 4.79 Å². The van der Waals surface area contributed by atoms with Crippen molar-refractivity contribution in [2.45, 2.75) is 26.4 Å². The van der Waals surface area contributed by atoms with Gasteiger partial charge in [0.15, 0.2) is 10.4 Å². The fourth-order valence-electron chi connectivity index (χ4n) is 2.08. The van der Waals surface area contributed by atoms with E-state index in [1.54, 1.807) is 13.0 Å². The molecule has 6 heteroatoms. The lowest BCUT2D eigenvalue weighted by Crippen LogP contribution is -2.42. The number of nitrogens with zero attached hydrogens (tertiary/aromatic N) is 1. The SMILES string of the molecule is Cc1cc(Br)oc1C(=O)N(Cc1ccccc1)C(C)C(=O)O. The van der Waals surface area contributed by atoms with Gasteiger partial charge < -0.3 is 14.4 Å². The van der Waals surface area contributed by atoms with Crippen LogP contribution in [0.5, 0.6) is 0 Å². The minimum Gasteiger partial charge on any atom is -0.480 e. The molecule has 22 heavy (non-hydrogen) atoms. The number of hydrogen-bond acceptors (Lipinski definition) is 3. The molecule has 1 unspecified atom stereocenters. The smallest absolute Gasteiger partial charge is 0.326 e. The van der Waals surface area contributed by atoms with Gasteiger partial charge in [0.05, 0.1) is 0 Å². The molecule has 0 aliphatic rings. The van der Waals surface area contributed by atoms with Crippen LogP contribution in [0.2, 0.25) is 0 Å². The molecule has 0 bridgehead atoms. The number of rotatable bonds is 5. The molecule has 0 aliphatic carbocycles. The highest BCUT2D eigenvalue weighted by molar-refractivity contribution is 9.10. The minimum absolute atomic E-state index is 0.149. The first-order valence-corrected chi connectivity index (χ1v) is 7.53. The number of carbonyl (C=O) groups excluding carboxylic acids is 1. The Morgan fingerprint density at radius 2 is 1.95 bits per heavy atom. The molecular formula is C16H16BrNO4. The first kappa shape index (κ1) is 16.3. The van der Waals surface area contributed by atoms with Crippen LogP contribution in [-0.2, 0) is 11.3 Å². The van der Waals surface area contributed by atoms with Gasteiger partial charge >= 0.3 is 5.97 Å². The molecule has 5 nitrogen and oxygen atoms in total. The van der Waals surface area contributed by atoms with Crippen molar-refractivity contribution in [3.63, 3.8) is 0 Å². The lowest BCUT2D eigenvalue weighted by Gasteiger charge is -2.26. The molecule has 0 saturated carbocycles. The lowest BCUT2D eigenvalue weighted by molar-refractivity contribution is -0.141. The Morgan fingerprint density at radius 1 is 1.32 bits per heavy atom. The minimum atomic E-state index is -1.06. The van der Waals surface area contributed by atoms with Crippen LogP contribution >= 0.6 is 15.9 Å². The van der Waals surface area contributed by atoms with Crippen molar-refractivity contribution in [2.24, 2.45) is 0 Å². The summed E-state index contributed by atoms with van der Waals surface area (Å²) in [5.74, 6) is -1.36. The van der Waals surface area contributed by atoms with E-state index >= 15 is 0 Å². The summed E-state index contributed by atoms with van der Waals surface area (Å²) in [7, 11) is 0. The monoisotopic (exact) mass is 365 g/mol. The Hall–Kier alpha value is -2.08. The molecule has 0 spiro atoms. The molecule has 1 aromatic heterocycles. The predicted octanol–water partition coefficient (Wildman–Crippen LogP) is 3.47. The molecule has 0 fully saturated rings. The van der Waals surface area contributed by atoms with Crippen molar-refractivity contribution in [1.82, 2.24) is 4.90 Å². The Morgan fingerprint density at radius 3 is 2.45 bits per heavy atom. The maximum atomic E-state index is 12.7. The van der Waals surface area contributed by atoms with Crippen molar-refractivity contribution in [2.75, 3.05) is 0 Å². The fourth-order valence-corrected chi connectivity index (χ4v) is 2.59. The van der Waals surface area contributed by atoms with Crippen molar-refractivity contribution >= 4 is 27.8 Å². The topological polar surface area (TPSA) is 70.8 Å². The Balaban J connectivity index is 2.33. The van der Waals surface area contributed by atoms with Crippen molar-refractivity contribution in [3.05, 3.63) is 58.0 Å². The summed E-state index contributed by atoms with van der Waals surface area (Å²) in [6, 6.07) is 9.97. The maximum Gasteiger partial charge on any atom is 0.326 e. The van der Waals surface area contributed by atoms with Gasteiger partial charge in [0, 0.05) is 12.1 Å². The second-order valence-electron chi connectivity index (χ2n) is 5.00. The zero-order valence-electron chi connectivity index (χ0n) is 12.2. The molecule has 0 aliphatic heterocycles. The number of amides is 1. The van der Waals surface area contributed by atoms with Crippen LogP contribution in [0.1, 0.15) is 28.6 Å². The summed E-state index contributed by atoms with van der Waals surface area (Å²) in [6.45, 7) is 3.43. The van der Waals surface area contributed by atoms with Crippen molar-refractivity contribution in [1.29, 1.82) is 0 Å². The Labute approximate surface area is 136 Å². The highest BCUT2D eigenvalue weighted by Gasteiger charge is 2.29. The fraction of sp³-hybridized carbons (Fsp3) is 0.250. The van der Waals surface area contributed by atoms with E-state index < -0.39 is 17.9 Å². The van der Waals surface area contributed by atoms with Gasteiger partial charge in [-0.25, -0.2) is 4.79 Å². The zero-order valence-corrected chi connectivity index (χ0v) is 13.8. The zero-order chi connectivity index (χ0) is 16.3. The summed E-state index contributed by atoms with van der Waals surface area (Å²) in [5.41, 5.74) is 1.51. The highest BCUT2D eigenvalue weighted by Crippen LogP contribution is 2.23. The van der Waals surface area contributed by atoms with Gasteiger partial charge in [-0.05, 0) is 41.4 Å². The Bertz CT molecular complexity index is 681. The number of aryl methyl sites for hydroxylation is 1. The number of benzene rings is 1. The molecule has 1 heterocycles. The quantitative estimate of drug-likeness (QED) is 0.880. The van der Waals surface area contributed by atoms with Crippen LogP contribution < -0.4 is 0 Å². The number of furan rings is 1. The standard InChI is InChI=1S/C16H16BrNO4/c1-10-8-13(17)22-14(10)15(19)18(11(2)16(20)21)9-12-6-4-3-5-7-12/h3-8,11H,9H2,1-2H3,(H,20,21). The second-order valence-corrected chi connectivity index (χ2v) is 5.78. The van der Waals surface area contributed by atoms with Crippen LogP contribution in [0, 0.1) is 6.92 Å². The number of halogens is 1. The van der Waals surface area contributed by atoms with Crippen LogP contribution in [0.4, 0.5) is 0 Å². The number of carbonyl (C=O) groups is 2. The average molecular weight is 366 g/mol. The summed E-state index contributed by atoms with van der Waals surface area (Å²) < 4.78 is 5.80. The summed E-state index contributed by atoms with van der Waals surface area (Å²) >= 11 is 3.18. The van der Waals surface area contributed by atoms with E-state index in [0.29, 0.717) is 10.2 Å². The van der Waals surface area contributed by atoms with E-state index in [2.05, 4.69) is 15.9 Å². The summed E-state index contributed by atoms with van der Waals surface area (Å²) in [6.07, 6.45) is 0. The molecule has 2 aromatic rings. The van der Waals surface area contributed by atoms with Crippen LogP contribution in [-0.4, -0.2) is 27.9 Å². The van der Waals surface area contributed by atoms with Gasteiger partial charge in [0.2, 0.25) is 0 Å². The second kappa shape index (κ2) is 6.79. The van der Waals surface area contributed by atoms with Crippen molar-refractivity contribution < 1.29 is 19.1 Å². The number of hydrogen-bond donors (Lipinski definition) is 1. The Kier molecular flexibility index (Phi) is 5.03. The van der Waals surface area contributed by atoms with Gasteiger partial charge in [-0.15, -0.1) is 0 Å². The van der Waals surface area contributed by atoms with E-state index in [0.717, 1.165) is 5.56 Å². The van der Waals surface area contributed by atoms with Crippen LogP contribution in [0.3, 0.4) is 0 Å². The first-order valence-electron chi connectivity index (χ1n) is 6.73. The molecule has 2 rings (SSSR count). The van der Waals surface area contributed by atoms with E-state index in [1.165, 1.54) is 11.8 Å². The summed E-state index contributed by atoms with van der Waals surface area (Å²) in [5, 5.41) is 9.27. The van der Waals surface area contributed by atoms with Crippen LogP contribution in [0.25, 0.3) is 0 Å². The van der Waals surface area contributed by atoms with E-state index in [1.807, 2.05) is 30.3 Å². The summed E-state index contributed by atoms with van der Waals surface area (Å²) in [4.78, 5) is 25.3. The highest BCUT2D eigenvalue weighted by atomic mass is 79.9. The van der Waals surface area contributed by atoms with Crippen molar-refractivity contribution in [3.8, 4) is 0 Å². The molecule has 1 aromatic carbocycles. The molecular weight excluding hydrogens is 350 g/mol. The normalized spacial score (nSPS) is 12.0. The third-order valence-corrected chi connectivity index (χ3v) is 3.75. The number of aliphatic carboxylic acids is 1. The van der Waals surface area contributed by atoms with Gasteiger partial charge in [-0.2, -0.15) is 0 Å². The number of carboxylic acid groups (broad SMARTS) is 1. The van der Waals surface area contributed by atoms with Gasteiger partial charge in [0.25, 0.3) is 5.91 Å². The van der Waals surface area contributed by atoms with E-state index in [-0.39, 0.29) is 12.3 Å². The van der Waals surface area contributed by atoms with Gasteiger partial charge in [0.1, 0.15) is 6.04 Å². The lowest BCUT2D eigenvalue weighted by atomic mass is 10.1. The molecule has 0 saturated heterocycles. The molecule has 0 radical (unpaired) electrons. The predicted molar refractivity (Wildman–Crippen MR) is 84.6 cm³/mol. The molecule has 1 amide bonds. The van der Waals surface area contributed by atoms with Gasteiger partial charge in [-0.1, -0.05) is 30.3 Å². The molecule has 1 N–H and O–H groups in total. The molecule has 116 valence electrons. The molecule has 1 atom stereocenters. The average Bonchev–Trinajstić information content (AvgIpc) is 2.83. The largest absolute Gasteiger partial charge is 0.480 e. The van der Waals surface area contributed by atoms with Crippen LogP contribution in [0.15, 0.2) is 45.5 Å². The number of carboxylic acids is 1. The maximum absolute atomic E-state index is 12.7. The van der Waals surface area contributed by atoms with E-state index in [4.69, 9.17) is 4.42 Å². The third-order valence-electron chi connectivity index (χ3n) is 3.36. The first-order chi connectivity index (χ1) is 10.4. The van der Waals surface area contributed by atoms with E-state index in [9.17, 15) is 14.7 Å².